The zero-order valence-corrected chi connectivity index (χ0v) is 10.1. The van der Waals surface area contributed by atoms with Crippen molar-refractivity contribution >= 4 is 0 Å². The predicted molar refractivity (Wildman–Crippen MR) is 68.4 cm³/mol. The molecule has 90 valence electrons. The van der Waals surface area contributed by atoms with Gasteiger partial charge in [-0.2, -0.15) is 5.26 Å². The summed E-state index contributed by atoms with van der Waals surface area (Å²) in [4.78, 5) is 2.44. The van der Waals surface area contributed by atoms with E-state index in [1.54, 1.807) is 0 Å². The first-order chi connectivity index (χ1) is 8.38. The van der Waals surface area contributed by atoms with Crippen molar-refractivity contribution in [3.8, 4) is 6.07 Å². The molecule has 0 amide bonds. The zero-order chi connectivity index (χ0) is 11.9. The monoisotopic (exact) mass is 229 g/mol. The van der Waals surface area contributed by atoms with E-state index in [9.17, 15) is 0 Å². The van der Waals surface area contributed by atoms with Crippen LogP contribution in [0.2, 0.25) is 0 Å². The van der Waals surface area contributed by atoms with Crippen molar-refractivity contribution in [3.05, 3.63) is 35.9 Å². The normalized spacial score (nSPS) is 21.7. The van der Waals surface area contributed by atoms with Crippen LogP contribution in [0.4, 0.5) is 0 Å². The number of benzene rings is 1. The van der Waals surface area contributed by atoms with Crippen molar-refractivity contribution in [2.45, 2.75) is 25.4 Å². The maximum atomic E-state index is 8.78. The summed E-state index contributed by atoms with van der Waals surface area (Å²) in [6, 6.07) is 13.1. The Morgan fingerprint density at radius 2 is 2.18 bits per heavy atom. The molecular formula is C14H19N3. The van der Waals surface area contributed by atoms with Crippen LogP contribution >= 0.6 is 0 Å². The Labute approximate surface area is 103 Å². The molecule has 1 aliphatic heterocycles. The summed E-state index contributed by atoms with van der Waals surface area (Å²) in [5.41, 5.74) is 1.35. The van der Waals surface area contributed by atoms with Crippen LogP contribution in [-0.2, 0) is 6.54 Å². The van der Waals surface area contributed by atoms with E-state index in [0.717, 1.165) is 32.6 Å². The molecule has 1 unspecified atom stereocenters. The summed E-state index contributed by atoms with van der Waals surface area (Å²) in [5, 5.41) is 12.2. The predicted octanol–water partition coefficient (Wildman–Crippen LogP) is 1.76. The maximum Gasteiger partial charge on any atom is 0.0638 e. The van der Waals surface area contributed by atoms with Crippen LogP contribution < -0.4 is 5.32 Å². The molecule has 1 N–H and O–H groups in total. The average Bonchev–Trinajstić information content (AvgIpc) is 2.56. The lowest BCUT2D eigenvalue weighted by atomic mass is 10.2. The molecule has 1 fully saturated rings. The van der Waals surface area contributed by atoms with Crippen molar-refractivity contribution in [2.75, 3.05) is 19.6 Å². The van der Waals surface area contributed by atoms with Crippen LogP contribution in [0, 0.1) is 11.3 Å². The number of hydrogen-bond donors (Lipinski definition) is 1. The van der Waals surface area contributed by atoms with Crippen molar-refractivity contribution in [3.63, 3.8) is 0 Å². The van der Waals surface area contributed by atoms with E-state index in [1.165, 1.54) is 5.56 Å². The maximum absolute atomic E-state index is 8.78. The Morgan fingerprint density at radius 3 is 2.94 bits per heavy atom. The van der Waals surface area contributed by atoms with Gasteiger partial charge in [0.15, 0.2) is 0 Å². The Morgan fingerprint density at radius 1 is 1.35 bits per heavy atom. The van der Waals surface area contributed by atoms with Gasteiger partial charge in [-0.3, -0.25) is 4.90 Å². The molecule has 0 bridgehead atoms. The first kappa shape index (κ1) is 12.1. The molecule has 1 atom stereocenters. The average molecular weight is 229 g/mol. The third kappa shape index (κ3) is 3.85. The third-order valence-electron chi connectivity index (χ3n) is 3.15. The molecule has 0 saturated carbocycles. The standard InChI is InChI=1S/C14H19N3/c15-8-7-14-12-17(10-4-9-16-14)11-13-5-2-1-3-6-13/h1-3,5-6,14,16H,4,7,9-12H2. The van der Waals surface area contributed by atoms with Crippen LogP contribution in [-0.4, -0.2) is 30.6 Å². The Kier molecular flexibility index (Phi) is 4.54. The molecule has 2 rings (SSSR count). The number of nitriles is 1. The second-order valence-electron chi connectivity index (χ2n) is 4.59. The fraction of sp³-hybridized carbons (Fsp3) is 0.500. The Bertz CT molecular complexity index is 369. The second kappa shape index (κ2) is 6.39. The summed E-state index contributed by atoms with van der Waals surface area (Å²) in [5.74, 6) is 0. The molecule has 1 saturated heterocycles. The number of nitrogens with one attached hydrogen (secondary N) is 1. The molecule has 1 aromatic rings. The van der Waals surface area contributed by atoms with Gasteiger partial charge in [-0.1, -0.05) is 30.3 Å². The third-order valence-corrected chi connectivity index (χ3v) is 3.15. The molecule has 1 aliphatic rings. The molecule has 0 spiro atoms. The van der Waals surface area contributed by atoms with Gasteiger partial charge < -0.3 is 5.32 Å². The first-order valence-electron chi connectivity index (χ1n) is 6.25. The highest BCUT2D eigenvalue weighted by Crippen LogP contribution is 2.09. The topological polar surface area (TPSA) is 39.1 Å². The van der Waals surface area contributed by atoms with Crippen molar-refractivity contribution in [1.29, 1.82) is 5.26 Å². The van der Waals surface area contributed by atoms with Gasteiger partial charge >= 0.3 is 0 Å². The van der Waals surface area contributed by atoms with E-state index < -0.39 is 0 Å². The summed E-state index contributed by atoms with van der Waals surface area (Å²) in [6.07, 6.45) is 1.76. The minimum atomic E-state index is 0.325. The highest BCUT2D eigenvalue weighted by molar-refractivity contribution is 5.14. The van der Waals surface area contributed by atoms with Gasteiger partial charge in [0.05, 0.1) is 12.5 Å². The molecule has 17 heavy (non-hydrogen) atoms. The second-order valence-corrected chi connectivity index (χ2v) is 4.59. The zero-order valence-electron chi connectivity index (χ0n) is 10.1. The highest BCUT2D eigenvalue weighted by atomic mass is 15.2. The molecule has 3 heteroatoms. The fourth-order valence-corrected chi connectivity index (χ4v) is 2.31. The van der Waals surface area contributed by atoms with E-state index in [0.29, 0.717) is 12.5 Å². The quantitative estimate of drug-likeness (QED) is 0.858. The van der Waals surface area contributed by atoms with Gasteiger partial charge in [0.2, 0.25) is 0 Å². The van der Waals surface area contributed by atoms with Gasteiger partial charge in [-0.15, -0.1) is 0 Å². The number of nitrogens with zero attached hydrogens (tertiary/aromatic N) is 2. The summed E-state index contributed by atoms with van der Waals surface area (Å²) >= 11 is 0. The van der Waals surface area contributed by atoms with Crippen molar-refractivity contribution < 1.29 is 0 Å². The lowest BCUT2D eigenvalue weighted by molar-refractivity contribution is 0.260. The molecular weight excluding hydrogens is 210 g/mol. The van der Waals surface area contributed by atoms with Crippen LogP contribution in [0.3, 0.4) is 0 Å². The SMILES string of the molecule is N#CCC1CN(Cc2ccccc2)CCCN1. The molecule has 3 nitrogen and oxygen atoms in total. The summed E-state index contributed by atoms with van der Waals surface area (Å²) in [6.45, 7) is 4.11. The van der Waals surface area contributed by atoms with Crippen LogP contribution in [0.5, 0.6) is 0 Å². The summed E-state index contributed by atoms with van der Waals surface area (Å²) in [7, 11) is 0. The molecule has 0 aliphatic carbocycles. The van der Waals surface area contributed by atoms with E-state index in [-0.39, 0.29) is 0 Å². The van der Waals surface area contributed by atoms with E-state index in [2.05, 4.69) is 40.6 Å². The minimum Gasteiger partial charge on any atom is -0.312 e. The van der Waals surface area contributed by atoms with E-state index >= 15 is 0 Å². The first-order valence-corrected chi connectivity index (χ1v) is 6.25. The Hall–Kier alpha value is -1.37. The number of rotatable bonds is 3. The molecule has 1 aromatic carbocycles. The highest BCUT2D eigenvalue weighted by Gasteiger charge is 2.17. The van der Waals surface area contributed by atoms with Crippen LogP contribution in [0.25, 0.3) is 0 Å². The largest absolute Gasteiger partial charge is 0.312 e. The smallest absolute Gasteiger partial charge is 0.0638 e. The van der Waals surface area contributed by atoms with E-state index in [1.807, 2.05) is 6.07 Å². The van der Waals surface area contributed by atoms with Crippen molar-refractivity contribution in [1.82, 2.24) is 10.2 Å². The Balaban J connectivity index is 1.93. The lowest BCUT2D eigenvalue weighted by Gasteiger charge is -2.23. The molecule has 1 heterocycles. The van der Waals surface area contributed by atoms with Crippen LogP contribution in [0.1, 0.15) is 18.4 Å². The summed E-state index contributed by atoms with van der Waals surface area (Å²) < 4.78 is 0. The van der Waals surface area contributed by atoms with Crippen LogP contribution in [0.15, 0.2) is 30.3 Å². The van der Waals surface area contributed by atoms with Gasteiger partial charge in [0.25, 0.3) is 0 Å². The van der Waals surface area contributed by atoms with Gasteiger partial charge in [0.1, 0.15) is 0 Å². The number of hydrogen-bond acceptors (Lipinski definition) is 3. The van der Waals surface area contributed by atoms with Gasteiger partial charge in [0, 0.05) is 19.1 Å². The molecule has 0 radical (unpaired) electrons. The lowest BCUT2D eigenvalue weighted by Crippen LogP contribution is -2.37. The van der Waals surface area contributed by atoms with Crippen molar-refractivity contribution in [2.24, 2.45) is 0 Å². The van der Waals surface area contributed by atoms with Gasteiger partial charge in [-0.25, -0.2) is 0 Å². The fourth-order valence-electron chi connectivity index (χ4n) is 2.31. The molecule has 0 aromatic heterocycles. The minimum absolute atomic E-state index is 0.325. The van der Waals surface area contributed by atoms with Gasteiger partial charge in [-0.05, 0) is 25.1 Å². The van der Waals surface area contributed by atoms with E-state index in [4.69, 9.17) is 5.26 Å².